The van der Waals surface area contributed by atoms with Crippen molar-refractivity contribution in [2.24, 2.45) is 0 Å². The molecule has 2 aromatic carbocycles. The Kier molecular flexibility index (Phi) is 9.57. The molecular weight excluding hydrogens is 354 g/mol. The maximum atomic E-state index is 12.7. The van der Waals surface area contributed by atoms with Gasteiger partial charge in [-0.2, -0.15) is 0 Å². The monoisotopic (exact) mass is 374 g/mol. The molecule has 0 radical (unpaired) electrons. The number of hydrogen-bond acceptors (Lipinski definition) is 4. The predicted molar refractivity (Wildman–Crippen MR) is 99.9 cm³/mol. The van der Waals surface area contributed by atoms with Crippen molar-refractivity contribution in [3.05, 3.63) is 52.5 Å². The molecule has 0 N–H and O–H groups in total. The van der Waals surface area contributed by atoms with E-state index in [4.69, 9.17) is 25.8 Å². The number of hydrogen-bond donors (Lipinski definition) is 0. The molecule has 0 aliphatic carbocycles. The van der Waals surface area contributed by atoms with Crippen molar-refractivity contribution in [2.45, 2.75) is 6.92 Å². The van der Waals surface area contributed by atoms with Gasteiger partial charge in [0.05, 0.1) is 24.3 Å². The first-order valence-electron chi connectivity index (χ1n) is 7.43. The summed E-state index contributed by atoms with van der Waals surface area (Å²) in [6.45, 7) is 2.99. The van der Waals surface area contributed by atoms with E-state index < -0.39 is 0 Å². The quantitative estimate of drug-likeness (QED) is 0.392. The molecule has 0 saturated carbocycles. The molecule has 0 aliphatic rings. The van der Waals surface area contributed by atoms with Crippen molar-refractivity contribution in [3.63, 3.8) is 0 Å². The molecule has 1 unspecified atom stereocenters. The molecule has 2 aromatic rings. The molecule has 0 aromatic heterocycles. The van der Waals surface area contributed by atoms with Crippen LogP contribution in [-0.2, 0) is 4.74 Å². The molecule has 4 nitrogen and oxygen atoms in total. The zero-order valence-electron chi connectivity index (χ0n) is 15.9. The summed E-state index contributed by atoms with van der Waals surface area (Å²) >= 11 is 6.18. The summed E-state index contributed by atoms with van der Waals surface area (Å²) in [6, 6.07) is 10.9. The predicted octanol–water partition coefficient (Wildman–Crippen LogP) is 0.943. The van der Waals surface area contributed by atoms with Crippen molar-refractivity contribution >= 4 is 31.0 Å². The third kappa shape index (κ3) is 6.03. The van der Waals surface area contributed by atoms with E-state index in [0.29, 0.717) is 29.5 Å². The largest absolute Gasteiger partial charge is 1.00 e. The van der Waals surface area contributed by atoms with E-state index in [0.717, 1.165) is 16.6 Å². The van der Waals surface area contributed by atoms with Gasteiger partial charge in [0.15, 0.2) is 5.52 Å². The fourth-order valence-electron chi connectivity index (χ4n) is 2.19. The van der Waals surface area contributed by atoms with E-state index >= 15 is 0 Å². The minimum atomic E-state index is -0.0476. The summed E-state index contributed by atoms with van der Waals surface area (Å²) in [5.41, 5.74) is 1.39. The number of methoxy groups -OCH3 is 2. The SMILES string of the molecule is COCCOc1ccc(PC(=O)c2c(Cl)cccc2OC)c(C)c1.[H-].[Li+]. The van der Waals surface area contributed by atoms with Crippen LogP contribution >= 0.6 is 20.2 Å². The number of carbonyl (C=O) groups is 1. The maximum Gasteiger partial charge on any atom is 1.00 e. The molecule has 0 aliphatic heterocycles. The van der Waals surface area contributed by atoms with Gasteiger partial charge < -0.3 is 15.6 Å². The topological polar surface area (TPSA) is 44.8 Å². The zero-order chi connectivity index (χ0) is 17.5. The van der Waals surface area contributed by atoms with Crippen molar-refractivity contribution in [1.29, 1.82) is 0 Å². The Hall–Kier alpha value is -1.01. The van der Waals surface area contributed by atoms with Crippen LogP contribution in [0.3, 0.4) is 0 Å². The molecule has 25 heavy (non-hydrogen) atoms. The third-order valence-corrected chi connectivity index (χ3v) is 5.05. The van der Waals surface area contributed by atoms with Gasteiger partial charge in [0, 0.05) is 7.11 Å². The maximum absolute atomic E-state index is 12.7. The normalized spacial score (nSPS) is 10.6. The van der Waals surface area contributed by atoms with Gasteiger partial charge in [0.25, 0.3) is 0 Å². The van der Waals surface area contributed by atoms with Crippen molar-refractivity contribution in [1.82, 2.24) is 0 Å². The van der Waals surface area contributed by atoms with Crippen molar-refractivity contribution < 1.29 is 39.3 Å². The van der Waals surface area contributed by atoms with Crippen LogP contribution in [0.25, 0.3) is 0 Å². The van der Waals surface area contributed by atoms with E-state index in [1.807, 2.05) is 25.1 Å². The summed E-state index contributed by atoms with van der Waals surface area (Å²) in [5, 5.41) is 1.37. The fraction of sp³-hybridized carbons (Fsp3) is 0.278. The Bertz CT molecular complexity index is 730. The molecule has 0 fully saturated rings. The fourth-order valence-corrected chi connectivity index (χ4v) is 3.58. The van der Waals surface area contributed by atoms with E-state index in [1.165, 1.54) is 7.11 Å². The van der Waals surface area contributed by atoms with Crippen LogP contribution in [0.5, 0.6) is 11.5 Å². The molecule has 0 amide bonds. The van der Waals surface area contributed by atoms with Gasteiger partial charge in [0.1, 0.15) is 18.1 Å². The van der Waals surface area contributed by atoms with Gasteiger partial charge in [-0.1, -0.05) is 23.7 Å². The second kappa shape index (κ2) is 10.9. The summed E-state index contributed by atoms with van der Waals surface area (Å²) < 4.78 is 15.8. The molecule has 0 spiro atoms. The summed E-state index contributed by atoms with van der Waals surface area (Å²) in [7, 11) is 3.13. The first kappa shape index (κ1) is 22.0. The second-order valence-electron chi connectivity index (χ2n) is 5.09. The van der Waals surface area contributed by atoms with Gasteiger partial charge in [0.2, 0.25) is 0 Å². The Morgan fingerprint density at radius 2 is 1.96 bits per heavy atom. The van der Waals surface area contributed by atoms with Gasteiger partial charge in [-0.05, 0) is 50.6 Å². The molecule has 130 valence electrons. The van der Waals surface area contributed by atoms with Crippen LogP contribution in [0, 0.1) is 6.92 Å². The number of halogens is 1. The minimum Gasteiger partial charge on any atom is -1.00 e. The van der Waals surface area contributed by atoms with E-state index in [2.05, 4.69) is 0 Å². The summed E-state index contributed by atoms with van der Waals surface area (Å²) in [5.74, 6) is 1.26. The number of rotatable bonds is 8. The van der Waals surface area contributed by atoms with Gasteiger partial charge in [-0.25, -0.2) is 0 Å². The average Bonchev–Trinajstić information content (AvgIpc) is 2.57. The van der Waals surface area contributed by atoms with E-state index in [-0.39, 0.29) is 34.4 Å². The number of benzene rings is 2. The Balaban J connectivity index is 0.00000312. The molecule has 1 atom stereocenters. The number of aryl methyl sites for hydroxylation is 1. The van der Waals surface area contributed by atoms with E-state index in [1.54, 1.807) is 25.3 Å². The smallest absolute Gasteiger partial charge is 1.00 e. The Labute approximate surface area is 168 Å². The second-order valence-corrected chi connectivity index (χ2v) is 6.74. The standard InChI is InChI=1S/C18H20ClO4P.Li.H/c1-12-11-13(23-10-9-21-2)7-8-16(12)24-18(20)17-14(19)5-4-6-15(17)22-3;;/h4-8,11,24H,9-10H2,1-3H3;;/q;+1;-1. The van der Waals surface area contributed by atoms with Crippen LogP contribution in [-0.4, -0.2) is 33.0 Å². The molecule has 2 rings (SSSR count). The Morgan fingerprint density at radius 1 is 1.20 bits per heavy atom. The average molecular weight is 375 g/mol. The Morgan fingerprint density at radius 3 is 2.60 bits per heavy atom. The molecular formula is C18H21ClLiO4P. The van der Waals surface area contributed by atoms with Gasteiger partial charge in [-0.15, -0.1) is 0 Å². The van der Waals surface area contributed by atoms with Crippen molar-refractivity contribution in [3.8, 4) is 11.5 Å². The van der Waals surface area contributed by atoms with Crippen LogP contribution in [0.1, 0.15) is 17.3 Å². The first-order valence-corrected chi connectivity index (χ1v) is 8.81. The van der Waals surface area contributed by atoms with Gasteiger partial charge >= 0.3 is 18.9 Å². The van der Waals surface area contributed by atoms with Crippen molar-refractivity contribution in [2.75, 3.05) is 27.4 Å². The number of carbonyl (C=O) groups excluding carboxylic acids is 1. The van der Waals surface area contributed by atoms with Crippen LogP contribution in [0.4, 0.5) is 0 Å². The van der Waals surface area contributed by atoms with Crippen LogP contribution in [0.15, 0.2) is 36.4 Å². The summed E-state index contributed by atoms with van der Waals surface area (Å²) in [6.07, 6.45) is 0. The molecule has 0 heterocycles. The molecule has 0 bridgehead atoms. The molecule has 7 heteroatoms. The summed E-state index contributed by atoms with van der Waals surface area (Å²) in [4.78, 5) is 12.7. The first-order chi connectivity index (χ1) is 11.6. The minimum absolute atomic E-state index is 0. The van der Waals surface area contributed by atoms with Crippen LogP contribution < -0.4 is 33.6 Å². The van der Waals surface area contributed by atoms with Crippen LogP contribution in [0.2, 0.25) is 5.02 Å². The molecule has 0 saturated heterocycles. The van der Waals surface area contributed by atoms with E-state index in [9.17, 15) is 4.79 Å². The zero-order valence-corrected chi connectivity index (χ0v) is 16.6. The van der Waals surface area contributed by atoms with Gasteiger partial charge in [-0.3, -0.25) is 4.79 Å². The number of ether oxygens (including phenoxy) is 3. The third-order valence-electron chi connectivity index (χ3n) is 3.42.